The summed E-state index contributed by atoms with van der Waals surface area (Å²) in [6.07, 6.45) is 2.95. The van der Waals surface area contributed by atoms with Crippen molar-refractivity contribution in [2.24, 2.45) is 0 Å². The summed E-state index contributed by atoms with van der Waals surface area (Å²) in [4.78, 5) is 28.0. The Morgan fingerprint density at radius 3 is 2.58 bits per heavy atom. The zero-order valence-electron chi connectivity index (χ0n) is 16.8. The normalized spacial score (nSPS) is 19.8. The molecular formula is C23H20Cl2FN3O2. The number of amides is 2. The second-order valence-corrected chi connectivity index (χ2v) is 9.29. The summed E-state index contributed by atoms with van der Waals surface area (Å²) >= 11 is 12.6. The van der Waals surface area contributed by atoms with Crippen LogP contribution in [0.3, 0.4) is 0 Å². The molecule has 2 aliphatic heterocycles. The summed E-state index contributed by atoms with van der Waals surface area (Å²) in [6, 6.07) is 8.43. The van der Waals surface area contributed by atoms with Gasteiger partial charge < -0.3 is 15.1 Å². The van der Waals surface area contributed by atoms with Crippen LogP contribution in [0.5, 0.6) is 0 Å². The smallest absolute Gasteiger partial charge is 0.246 e. The highest BCUT2D eigenvalue weighted by atomic mass is 35.5. The van der Waals surface area contributed by atoms with Gasteiger partial charge in [0.2, 0.25) is 11.8 Å². The lowest BCUT2D eigenvalue weighted by atomic mass is 9.81. The maximum atomic E-state index is 14.9. The summed E-state index contributed by atoms with van der Waals surface area (Å²) in [5.41, 5.74) is 1.47. The van der Waals surface area contributed by atoms with Crippen LogP contribution in [0, 0.1) is 5.82 Å². The van der Waals surface area contributed by atoms with Gasteiger partial charge in [-0.3, -0.25) is 9.59 Å². The number of halogens is 3. The molecular weight excluding hydrogens is 440 g/mol. The van der Waals surface area contributed by atoms with E-state index < -0.39 is 11.4 Å². The lowest BCUT2D eigenvalue weighted by Crippen LogP contribution is -2.65. The Morgan fingerprint density at radius 1 is 1.23 bits per heavy atom. The quantitative estimate of drug-likeness (QED) is 0.541. The predicted molar refractivity (Wildman–Crippen MR) is 119 cm³/mol. The molecule has 2 fully saturated rings. The second kappa shape index (κ2) is 6.71. The van der Waals surface area contributed by atoms with Gasteiger partial charge in [0.25, 0.3) is 0 Å². The Balaban J connectivity index is 1.55. The van der Waals surface area contributed by atoms with E-state index in [0.29, 0.717) is 5.69 Å². The summed E-state index contributed by atoms with van der Waals surface area (Å²) in [5.74, 6) is -0.631. The fraction of sp³-hybridized carbons (Fsp3) is 0.304. The van der Waals surface area contributed by atoms with Crippen LogP contribution in [0.15, 0.2) is 43.0 Å². The number of likely N-dealkylation sites (N-methyl/N-ethyl adjacent to an activating group) is 1. The van der Waals surface area contributed by atoms with Crippen molar-refractivity contribution in [2.75, 3.05) is 30.4 Å². The van der Waals surface area contributed by atoms with E-state index in [1.54, 1.807) is 16.8 Å². The SMILES string of the molecule is C=CC(=O)N1CC(Nc2ccc3c(c2)N(C)C(=O)C32CC2)(c2c(F)ccc(Cl)c2Cl)C1. The van der Waals surface area contributed by atoms with Crippen LogP contribution in [-0.4, -0.2) is 36.9 Å². The molecule has 1 aliphatic carbocycles. The molecule has 2 amide bonds. The molecule has 2 aromatic carbocycles. The minimum atomic E-state index is -0.961. The van der Waals surface area contributed by atoms with Gasteiger partial charge in [-0.2, -0.15) is 0 Å². The van der Waals surface area contributed by atoms with Crippen LogP contribution in [0.1, 0.15) is 24.0 Å². The molecule has 1 saturated carbocycles. The number of hydrogen-bond donors (Lipinski definition) is 1. The Hall–Kier alpha value is -2.57. The Kier molecular flexibility index (Phi) is 4.40. The second-order valence-electron chi connectivity index (χ2n) is 8.50. The summed E-state index contributed by atoms with van der Waals surface area (Å²) in [6.45, 7) is 3.92. The number of fused-ring (bicyclic) bond motifs is 2. The number of nitrogens with zero attached hydrogens (tertiary/aromatic N) is 2. The molecule has 1 N–H and O–H groups in total. The first-order valence-corrected chi connectivity index (χ1v) is 10.7. The highest BCUT2D eigenvalue weighted by molar-refractivity contribution is 6.42. The van der Waals surface area contributed by atoms with Crippen LogP contribution in [0.25, 0.3) is 0 Å². The molecule has 0 atom stereocenters. The first-order valence-electron chi connectivity index (χ1n) is 9.99. The Morgan fingerprint density at radius 2 is 1.94 bits per heavy atom. The van der Waals surface area contributed by atoms with Crippen molar-refractivity contribution in [3.05, 3.63) is 70.0 Å². The maximum Gasteiger partial charge on any atom is 0.246 e. The van der Waals surface area contributed by atoms with E-state index in [9.17, 15) is 14.0 Å². The molecule has 0 radical (unpaired) electrons. The van der Waals surface area contributed by atoms with Gasteiger partial charge in [0.05, 0.1) is 28.5 Å². The number of likely N-dealkylation sites (tertiary alicyclic amines) is 1. The van der Waals surface area contributed by atoms with Crippen molar-refractivity contribution >= 4 is 46.4 Å². The molecule has 0 aromatic heterocycles. The number of nitrogens with one attached hydrogen (secondary N) is 1. The molecule has 8 heteroatoms. The molecule has 160 valence electrons. The third-order valence-electron chi connectivity index (χ3n) is 6.65. The van der Waals surface area contributed by atoms with Crippen molar-refractivity contribution in [1.82, 2.24) is 4.90 Å². The number of benzene rings is 2. The van der Waals surface area contributed by atoms with E-state index in [4.69, 9.17) is 23.2 Å². The number of carbonyl (C=O) groups is 2. The van der Waals surface area contributed by atoms with E-state index >= 15 is 0 Å². The van der Waals surface area contributed by atoms with Crippen LogP contribution in [0.2, 0.25) is 10.0 Å². The monoisotopic (exact) mass is 459 g/mol. The van der Waals surface area contributed by atoms with E-state index in [0.717, 1.165) is 24.1 Å². The van der Waals surface area contributed by atoms with Crippen LogP contribution in [0.4, 0.5) is 15.8 Å². The molecule has 0 unspecified atom stereocenters. The number of carbonyl (C=O) groups excluding carboxylic acids is 2. The van der Waals surface area contributed by atoms with E-state index in [-0.39, 0.29) is 45.9 Å². The van der Waals surface area contributed by atoms with E-state index in [1.807, 2.05) is 18.2 Å². The van der Waals surface area contributed by atoms with Crippen molar-refractivity contribution < 1.29 is 14.0 Å². The van der Waals surface area contributed by atoms with Crippen molar-refractivity contribution in [3.8, 4) is 0 Å². The minimum absolute atomic E-state index is 0.115. The predicted octanol–water partition coefficient (Wildman–Crippen LogP) is 4.48. The van der Waals surface area contributed by atoms with Gasteiger partial charge in [-0.25, -0.2) is 4.39 Å². The number of hydrogen-bond acceptors (Lipinski definition) is 3. The average molecular weight is 460 g/mol. The molecule has 0 bridgehead atoms. The van der Waals surface area contributed by atoms with Crippen LogP contribution < -0.4 is 10.2 Å². The molecule has 5 nitrogen and oxygen atoms in total. The van der Waals surface area contributed by atoms with Crippen LogP contribution in [-0.2, 0) is 20.5 Å². The molecule has 1 spiro atoms. The van der Waals surface area contributed by atoms with Crippen molar-refractivity contribution in [2.45, 2.75) is 23.8 Å². The third-order valence-corrected chi connectivity index (χ3v) is 7.46. The average Bonchev–Trinajstić information content (AvgIpc) is 3.51. The van der Waals surface area contributed by atoms with Crippen molar-refractivity contribution in [1.29, 1.82) is 0 Å². The van der Waals surface area contributed by atoms with Gasteiger partial charge >= 0.3 is 0 Å². The molecule has 2 heterocycles. The summed E-state index contributed by atoms with van der Waals surface area (Å²) < 4.78 is 14.9. The fourth-order valence-electron chi connectivity index (χ4n) is 4.88. The highest BCUT2D eigenvalue weighted by Gasteiger charge is 2.58. The first-order chi connectivity index (χ1) is 14.7. The Bertz CT molecular complexity index is 1160. The molecule has 1 saturated heterocycles. The van der Waals surface area contributed by atoms with Crippen molar-refractivity contribution in [3.63, 3.8) is 0 Å². The number of rotatable bonds is 4. The van der Waals surface area contributed by atoms with E-state index in [1.165, 1.54) is 18.2 Å². The Labute approximate surface area is 189 Å². The zero-order chi connectivity index (χ0) is 22.1. The topological polar surface area (TPSA) is 52.7 Å². The summed E-state index contributed by atoms with van der Waals surface area (Å²) in [5, 5.41) is 3.74. The lowest BCUT2D eigenvalue weighted by molar-refractivity contribution is -0.132. The largest absolute Gasteiger partial charge is 0.372 e. The maximum absolute atomic E-state index is 14.9. The highest BCUT2D eigenvalue weighted by Crippen LogP contribution is 2.57. The van der Waals surface area contributed by atoms with E-state index in [2.05, 4.69) is 11.9 Å². The fourth-order valence-corrected chi connectivity index (χ4v) is 5.37. The van der Waals surface area contributed by atoms with Gasteiger partial charge in [-0.05, 0) is 48.7 Å². The van der Waals surface area contributed by atoms with Gasteiger partial charge in [0.15, 0.2) is 0 Å². The summed E-state index contributed by atoms with van der Waals surface area (Å²) in [7, 11) is 1.77. The number of anilines is 2. The third kappa shape index (κ3) is 2.81. The lowest BCUT2D eigenvalue weighted by Gasteiger charge is -2.51. The van der Waals surface area contributed by atoms with Gasteiger partial charge in [-0.1, -0.05) is 35.8 Å². The zero-order valence-corrected chi connectivity index (χ0v) is 18.4. The molecule has 2 aromatic rings. The minimum Gasteiger partial charge on any atom is -0.372 e. The standard InChI is InChI=1S/C23H20Cl2FN3O2/c1-3-18(30)29-11-23(12-29,19-16(26)7-6-15(24)20(19)25)27-13-4-5-14-17(10-13)28(2)21(31)22(14)8-9-22/h3-7,10,27H,1,8-9,11-12H2,2H3. The molecule has 3 aliphatic rings. The first kappa shape index (κ1) is 20.3. The van der Waals surface area contributed by atoms with Crippen LogP contribution >= 0.6 is 23.2 Å². The molecule has 31 heavy (non-hydrogen) atoms. The van der Waals surface area contributed by atoms with Gasteiger partial charge in [0.1, 0.15) is 11.4 Å². The van der Waals surface area contributed by atoms with Gasteiger partial charge in [0, 0.05) is 24.0 Å². The van der Waals surface area contributed by atoms with Gasteiger partial charge in [-0.15, -0.1) is 0 Å². The molecule has 5 rings (SSSR count).